The highest BCUT2D eigenvalue weighted by atomic mass is 127. The lowest BCUT2D eigenvalue weighted by Gasteiger charge is -2.40. The lowest BCUT2D eigenvalue weighted by Crippen LogP contribution is -2.56. The zero-order valence-electron chi connectivity index (χ0n) is 21.1. The SMILES string of the molecule is Cc1c(NC(C(=O)N(N)C(=O)c2ccc(I)cc2)C(C)O[Si](C)(C)C(C)(C)C)ccc(C#N)c1Cl. The molecule has 0 radical (unpaired) electrons. The summed E-state index contributed by atoms with van der Waals surface area (Å²) in [6, 6.07) is 11.1. The van der Waals surface area contributed by atoms with E-state index in [-0.39, 0.29) is 5.04 Å². The molecular weight excluding hydrogens is 595 g/mol. The zero-order valence-corrected chi connectivity index (χ0v) is 25.0. The Morgan fingerprint density at radius 2 is 1.77 bits per heavy atom. The Hall–Kier alpha value is -1.97. The van der Waals surface area contributed by atoms with Gasteiger partial charge in [-0.2, -0.15) is 5.26 Å². The first kappa shape index (κ1) is 29.3. The first-order valence-electron chi connectivity index (χ1n) is 11.1. The first-order valence-corrected chi connectivity index (χ1v) is 15.5. The fourth-order valence-electron chi connectivity index (χ4n) is 3.17. The van der Waals surface area contributed by atoms with Gasteiger partial charge >= 0.3 is 0 Å². The Balaban J connectivity index is 2.45. The molecule has 2 amide bonds. The third kappa shape index (κ3) is 6.83. The van der Waals surface area contributed by atoms with Crippen LogP contribution in [-0.2, 0) is 9.22 Å². The molecule has 0 saturated heterocycles. The molecule has 3 N–H and O–H groups in total. The fourth-order valence-corrected chi connectivity index (χ4v) is 5.15. The van der Waals surface area contributed by atoms with E-state index >= 15 is 0 Å². The smallest absolute Gasteiger partial charge is 0.274 e. The normalized spacial score (nSPS) is 13.5. The number of halogens is 2. The number of rotatable bonds is 7. The molecule has 0 aromatic heterocycles. The van der Waals surface area contributed by atoms with Gasteiger partial charge < -0.3 is 9.74 Å². The molecule has 0 bridgehead atoms. The van der Waals surface area contributed by atoms with E-state index in [4.69, 9.17) is 21.9 Å². The minimum Gasteiger partial charge on any atom is -0.412 e. The number of hydrogen-bond donors (Lipinski definition) is 2. The number of hydrazine groups is 1. The number of nitrogens with two attached hydrogens (primary N) is 1. The Morgan fingerprint density at radius 1 is 1.20 bits per heavy atom. The van der Waals surface area contributed by atoms with Gasteiger partial charge in [0.15, 0.2) is 8.32 Å². The van der Waals surface area contributed by atoms with Crippen molar-refractivity contribution in [2.45, 2.75) is 64.9 Å². The van der Waals surface area contributed by atoms with Crippen molar-refractivity contribution in [1.29, 1.82) is 5.26 Å². The van der Waals surface area contributed by atoms with E-state index in [2.05, 4.69) is 61.8 Å². The van der Waals surface area contributed by atoms with Crippen LogP contribution in [0.5, 0.6) is 0 Å². The molecule has 7 nitrogen and oxygen atoms in total. The molecular formula is C25H32ClIN4O3Si. The van der Waals surface area contributed by atoms with Crippen molar-refractivity contribution in [3.05, 3.63) is 61.7 Å². The van der Waals surface area contributed by atoms with Crippen LogP contribution in [0, 0.1) is 21.8 Å². The number of imide groups is 1. The predicted molar refractivity (Wildman–Crippen MR) is 151 cm³/mol. The van der Waals surface area contributed by atoms with Crippen molar-refractivity contribution < 1.29 is 14.0 Å². The number of carbonyl (C=O) groups is 2. The summed E-state index contributed by atoms with van der Waals surface area (Å²) in [5.74, 6) is 4.81. The summed E-state index contributed by atoms with van der Waals surface area (Å²) in [5, 5.41) is 13.3. The first-order chi connectivity index (χ1) is 16.1. The van der Waals surface area contributed by atoms with Gasteiger partial charge in [-0.1, -0.05) is 32.4 Å². The van der Waals surface area contributed by atoms with Crippen molar-refractivity contribution >= 4 is 60.0 Å². The highest BCUT2D eigenvalue weighted by molar-refractivity contribution is 14.1. The molecule has 188 valence electrons. The van der Waals surface area contributed by atoms with Crippen LogP contribution in [0.1, 0.15) is 49.2 Å². The van der Waals surface area contributed by atoms with Gasteiger partial charge in [-0.15, -0.1) is 0 Å². The van der Waals surface area contributed by atoms with Crippen LogP contribution >= 0.6 is 34.2 Å². The van der Waals surface area contributed by atoms with Crippen LogP contribution in [0.3, 0.4) is 0 Å². The zero-order chi connectivity index (χ0) is 26.7. The average Bonchev–Trinajstić information content (AvgIpc) is 2.78. The molecule has 0 aliphatic carbocycles. The summed E-state index contributed by atoms with van der Waals surface area (Å²) in [6.07, 6.45) is -0.618. The molecule has 2 aromatic rings. The van der Waals surface area contributed by atoms with E-state index in [1.807, 2.05) is 6.07 Å². The molecule has 2 atom stereocenters. The number of nitriles is 1. The van der Waals surface area contributed by atoms with Crippen molar-refractivity contribution in [2.24, 2.45) is 5.84 Å². The topological polar surface area (TPSA) is 108 Å². The van der Waals surface area contributed by atoms with Crippen molar-refractivity contribution in [1.82, 2.24) is 5.01 Å². The Labute approximate surface area is 227 Å². The van der Waals surface area contributed by atoms with Crippen LogP contribution in [0.2, 0.25) is 23.2 Å². The minimum absolute atomic E-state index is 0.0953. The molecule has 0 fully saturated rings. The maximum atomic E-state index is 13.6. The van der Waals surface area contributed by atoms with Crippen molar-refractivity contribution in [3.8, 4) is 6.07 Å². The summed E-state index contributed by atoms with van der Waals surface area (Å²) >= 11 is 8.49. The maximum Gasteiger partial charge on any atom is 0.274 e. The Kier molecular flexibility index (Phi) is 9.52. The molecule has 2 rings (SSSR count). The van der Waals surface area contributed by atoms with Gasteiger partial charge in [0, 0.05) is 14.8 Å². The van der Waals surface area contributed by atoms with Crippen LogP contribution in [0.25, 0.3) is 0 Å². The molecule has 0 spiro atoms. The summed E-state index contributed by atoms with van der Waals surface area (Å²) in [5.41, 5.74) is 1.79. The van der Waals surface area contributed by atoms with E-state index in [0.717, 1.165) is 3.57 Å². The number of amides is 2. The number of nitrogens with one attached hydrogen (secondary N) is 1. The summed E-state index contributed by atoms with van der Waals surface area (Å²) in [4.78, 5) is 26.6. The average molecular weight is 627 g/mol. The van der Waals surface area contributed by atoms with Gasteiger partial charge in [-0.05, 0) is 96.5 Å². The number of carbonyl (C=O) groups excluding carboxylic acids is 2. The van der Waals surface area contributed by atoms with Gasteiger partial charge in [0.25, 0.3) is 11.8 Å². The van der Waals surface area contributed by atoms with Gasteiger partial charge in [-0.3, -0.25) is 9.59 Å². The minimum atomic E-state index is -2.27. The molecule has 2 aromatic carbocycles. The van der Waals surface area contributed by atoms with Gasteiger partial charge in [-0.25, -0.2) is 10.9 Å². The fraction of sp³-hybridized carbons (Fsp3) is 0.400. The van der Waals surface area contributed by atoms with Crippen LogP contribution in [0.4, 0.5) is 5.69 Å². The van der Waals surface area contributed by atoms with Gasteiger partial charge in [0.2, 0.25) is 0 Å². The van der Waals surface area contributed by atoms with Crippen molar-refractivity contribution in [3.63, 3.8) is 0 Å². The van der Waals surface area contributed by atoms with E-state index in [0.29, 0.717) is 32.4 Å². The quantitative estimate of drug-likeness (QED) is 0.131. The number of anilines is 1. The molecule has 0 saturated carbocycles. The monoisotopic (exact) mass is 626 g/mol. The second kappa shape index (κ2) is 11.4. The Morgan fingerprint density at radius 3 is 2.29 bits per heavy atom. The molecule has 0 aliphatic heterocycles. The van der Waals surface area contributed by atoms with Crippen molar-refractivity contribution in [2.75, 3.05) is 5.32 Å². The van der Waals surface area contributed by atoms with E-state index in [9.17, 15) is 14.9 Å². The number of hydrogen-bond acceptors (Lipinski definition) is 6. The highest BCUT2D eigenvalue weighted by Gasteiger charge is 2.42. The third-order valence-corrected chi connectivity index (χ3v) is 12.2. The second-order valence-corrected chi connectivity index (χ2v) is 16.3. The molecule has 0 aliphatic rings. The second-order valence-electron chi connectivity index (χ2n) is 9.94. The van der Waals surface area contributed by atoms with Crippen LogP contribution in [-0.4, -0.2) is 37.3 Å². The molecule has 2 unspecified atom stereocenters. The molecule has 10 heteroatoms. The summed E-state index contributed by atoms with van der Waals surface area (Å²) < 4.78 is 7.46. The lowest BCUT2D eigenvalue weighted by atomic mass is 10.1. The third-order valence-electron chi connectivity index (χ3n) is 6.39. The standard InChI is InChI=1S/C25H32ClIN4O3Si/c1-15-20(13-10-18(14-28)21(15)26)30-22(16(2)34-35(6,7)25(3,4)5)24(33)31(29)23(32)17-8-11-19(27)12-9-17/h8-13,16,22,30H,29H2,1-7H3. The predicted octanol–water partition coefficient (Wildman–Crippen LogP) is 5.86. The summed E-state index contributed by atoms with van der Waals surface area (Å²) in [6.45, 7) is 14.0. The largest absolute Gasteiger partial charge is 0.412 e. The lowest BCUT2D eigenvalue weighted by molar-refractivity contribution is -0.131. The number of nitrogens with zero attached hydrogens (tertiary/aromatic N) is 2. The summed E-state index contributed by atoms with van der Waals surface area (Å²) in [7, 11) is -2.27. The number of benzene rings is 2. The van der Waals surface area contributed by atoms with Crippen LogP contribution < -0.4 is 11.2 Å². The highest BCUT2D eigenvalue weighted by Crippen LogP contribution is 2.38. The maximum absolute atomic E-state index is 13.6. The molecule has 0 heterocycles. The van der Waals surface area contributed by atoms with E-state index in [1.54, 1.807) is 50.2 Å². The van der Waals surface area contributed by atoms with Gasteiger partial charge in [0.1, 0.15) is 12.1 Å². The van der Waals surface area contributed by atoms with Gasteiger partial charge in [0.05, 0.1) is 16.7 Å². The van der Waals surface area contributed by atoms with E-state index in [1.165, 1.54) is 0 Å². The molecule has 35 heavy (non-hydrogen) atoms. The Bertz CT molecular complexity index is 1140. The van der Waals surface area contributed by atoms with E-state index < -0.39 is 32.3 Å². The van der Waals surface area contributed by atoms with Crippen LogP contribution in [0.15, 0.2) is 36.4 Å².